The maximum atomic E-state index is 4.49. The third kappa shape index (κ3) is 4.18. The van der Waals surface area contributed by atoms with E-state index >= 15 is 0 Å². The quantitative estimate of drug-likeness (QED) is 0.609. The summed E-state index contributed by atoms with van der Waals surface area (Å²) in [6.45, 7) is 5.93. The molecule has 0 saturated heterocycles. The van der Waals surface area contributed by atoms with E-state index in [0.717, 1.165) is 37.6 Å². The monoisotopic (exact) mass is 240 g/mol. The molecule has 0 aliphatic rings. The Labute approximate surface area is 101 Å². The minimum atomic E-state index is 0.736. The summed E-state index contributed by atoms with van der Waals surface area (Å²) in [5.74, 6) is 0.841. The van der Waals surface area contributed by atoms with Crippen LogP contribution in [0.3, 0.4) is 0 Å². The standard InChI is InChI=1S/C11H20N4S/c1-4-6-13-11(12-3)14-7-9-8-16-10(5-2)15-9/h8H,4-7H2,1-3H3,(H2,12,13,14). The molecule has 0 saturated carbocycles. The van der Waals surface area contributed by atoms with Crippen LogP contribution in [-0.2, 0) is 13.0 Å². The number of hydrogen-bond acceptors (Lipinski definition) is 3. The molecule has 0 atom stereocenters. The van der Waals surface area contributed by atoms with E-state index < -0.39 is 0 Å². The van der Waals surface area contributed by atoms with Crippen LogP contribution in [0.2, 0.25) is 0 Å². The zero-order valence-corrected chi connectivity index (χ0v) is 11.0. The predicted octanol–water partition coefficient (Wildman–Crippen LogP) is 1.78. The zero-order valence-electron chi connectivity index (χ0n) is 10.2. The lowest BCUT2D eigenvalue weighted by Crippen LogP contribution is -2.37. The van der Waals surface area contributed by atoms with Crippen molar-refractivity contribution in [3.63, 3.8) is 0 Å². The summed E-state index contributed by atoms with van der Waals surface area (Å²) in [5.41, 5.74) is 1.08. The first-order valence-corrected chi connectivity index (χ1v) is 6.55. The third-order valence-electron chi connectivity index (χ3n) is 2.10. The Balaban J connectivity index is 2.37. The Morgan fingerprint density at radius 3 is 2.81 bits per heavy atom. The molecule has 0 aromatic carbocycles. The van der Waals surface area contributed by atoms with Crippen molar-refractivity contribution in [2.24, 2.45) is 4.99 Å². The molecule has 1 rings (SSSR count). The fourth-order valence-electron chi connectivity index (χ4n) is 1.23. The van der Waals surface area contributed by atoms with Gasteiger partial charge in [-0.05, 0) is 12.8 Å². The number of rotatable bonds is 5. The number of guanidine groups is 1. The molecule has 0 aliphatic carbocycles. The largest absolute Gasteiger partial charge is 0.356 e. The number of nitrogens with zero attached hydrogens (tertiary/aromatic N) is 2. The van der Waals surface area contributed by atoms with Gasteiger partial charge in [-0.3, -0.25) is 4.99 Å². The van der Waals surface area contributed by atoms with Gasteiger partial charge in [0.15, 0.2) is 5.96 Å². The summed E-state index contributed by atoms with van der Waals surface area (Å²) in [4.78, 5) is 8.63. The molecular weight excluding hydrogens is 220 g/mol. The van der Waals surface area contributed by atoms with Gasteiger partial charge in [-0.25, -0.2) is 4.98 Å². The van der Waals surface area contributed by atoms with E-state index in [1.807, 2.05) is 0 Å². The lowest BCUT2D eigenvalue weighted by Gasteiger charge is -2.09. The van der Waals surface area contributed by atoms with Gasteiger partial charge in [-0.15, -0.1) is 11.3 Å². The molecule has 4 nitrogen and oxygen atoms in total. The van der Waals surface area contributed by atoms with Crippen molar-refractivity contribution in [1.29, 1.82) is 0 Å². The van der Waals surface area contributed by atoms with Gasteiger partial charge in [0.2, 0.25) is 0 Å². The highest BCUT2D eigenvalue weighted by Gasteiger charge is 2.01. The summed E-state index contributed by atoms with van der Waals surface area (Å²) >= 11 is 1.72. The summed E-state index contributed by atoms with van der Waals surface area (Å²) < 4.78 is 0. The summed E-state index contributed by atoms with van der Waals surface area (Å²) in [6, 6.07) is 0. The highest BCUT2D eigenvalue weighted by Crippen LogP contribution is 2.09. The van der Waals surface area contributed by atoms with Crippen LogP contribution in [0, 0.1) is 0 Å². The van der Waals surface area contributed by atoms with Crippen molar-refractivity contribution < 1.29 is 0 Å². The number of nitrogens with one attached hydrogen (secondary N) is 2. The van der Waals surface area contributed by atoms with Gasteiger partial charge >= 0.3 is 0 Å². The van der Waals surface area contributed by atoms with Crippen LogP contribution in [-0.4, -0.2) is 24.5 Å². The van der Waals surface area contributed by atoms with Gasteiger partial charge in [0.05, 0.1) is 17.2 Å². The smallest absolute Gasteiger partial charge is 0.191 e. The van der Waals surface area contributed by atoms with Gasteiger partial charge in [0.25, 0.3) is 0 Å². The zero-order chi connectivity index (χ0) is 11.8. The van der Waals surface area contributed by atoms with Gasteiger partial charge in [-0.1, -0.05) is 13.8 Å². The lowest BCUT2D eigenvalue weighted by atomic mass is 10.4. The number of aryl methyl sites for hydroxylation is 1. The Hall–Kier alpha value is -1.10. The average Bonchev–Trinajstić information content (AvgIpc) is 2.77. The second kappa shape index (κ2) is 7.22. The average molecular weight is 240 g/mol. The van der Waals surface area contributed by atoms with Crippen LogP contribution in [0.15, 0.2) is 10.4 Å². The Bertz CT molecular complexity index is 332. The minimum absolute atomic E-state index is 0.736. The van der Waals surface area contributed by atoms with Crippen molar-refractivity contribution >= 4 is 17.3 Å². The van der Waals surface area contributed by atoms with E-state index in [1.54, 1.807) is 18.4 Å². The molecule has 0 fully saturated rings. The fraction of sp³-hybridized carbons (Fsp3) is 0.636. The highest BCUT2D eigenvalue weighted by molar-refractivity contribution is 7.09. The van der Waals surface area contributed by atoms with Crippen LogP contribution < -0.4 is 10.6 Å². The van der Waals surface area contributed by atoms with Crippen LogP contribution in [0.4, 0.5) is 0 Å². The minimum Gasteiger partial charge on any atom is -0.356 e. The number of aromatic nitrogens is 1. The molecule has 5 heteroatoms. The lowest BCUT2D eigenvalue weighted by molar-refractivity contribution is 0.773. The molecule has 0 spiro atoms. The van der Waals surface area contributed by atoms with Gasteiger partial charge in [0, 0.05) is 19.0 Å². The van der Waals surface area contributed by atoms with Crippen molar-refractivity contribution in [3.8, 4) is 0 Å². The molecular formula is C11H20N4S. The molecule has 0 radical (unpaired) electrons. The second-order valence-electron chi connectivity index (χ2n) is 3.44. The molecule has 1 heterocycles. The molecule has 2 N–H and O–H groups in total. The van der Waals surface area contributed by atoms with Crippen molar-refractivity contribution in [3.05, 3.63) is 16.1 Å². The summed E-state index contributed by atoms with van der Waals surface area (Å²) in [5, 5.41) is 9.75. The van der Waals surface area contributed by atoms with E-state index in [0.29, 0.717) is 0 Å². The van der Waals surface area contributed by atoms with E-state index in [2.05, 4.69) is 39.8 Å². The summed E-state index contributed by atoms with van der Waals surface area (Å²) in [6.07, 6.45) is 2.10. The van der Waals surface area contributed by atoms with Crippen LogP contribution in [0.25, 0.3) is 0 Å². The van der Waals surface area contributed by atoms with Crippen LogP contribution in [0.1, 0.15) is 31.0 Å². The van der Waals surface area contributed by atoms with Crippen molar-refractivity contribution in [1.82, 2.24) is 15.6 Å². The SMILES string of the molecule is CCCNC(=NC)NCc1csc(CC)n1. The van der Waals surface area contributed by atoms with Crippen molar-refractivity contribution in [2.75, 3.05) is 13.6 Å². The van der Waals surface area contributed by atoms with Gasteiger partial charge in [0.1, 0.15) is 0 Å². The molecule has 90 valence electrons. The first-order valence-electron chi connectivity index (χ1n) is 5.67. The van der Waals surface area contributed by atoms with E-state index in [1.165, 1.54) is 5.01 Å². The Kier molecular flexibility index (Phi) is 5.85. The molecule has 16 heavy (non-hydrogen) atoms. The van der Waals surface area contributed by atoms with E-state index in [4.69, 9.17) is 0 Å². The second-order valence-corrected chi connectivity index (χ2v) is 4.38. The third-order valence-corrected chi connectivity index (χ3v) is 3.15. The topological polar surface area (TPSA) is 49.3 Å². The molecule has 1 aromatic heterocycles. The highest BCUT2D eigenvalue weighted by atomic mass is 32.1. The van der Waals surface area contributed by atoms with Gasteiger partial charge < -0.3 is 10.6 Å². The molecule has 0 unspecified atom stereocenters. The van der Waals surface area contributed by atoms with Crippen LogP contribution in [0.5, 0.6) is 0 Å². The maximum absolute atomic E-state index is 4.49. The van der Waals surface area contributed by atoms with Crippen molar-refractivity contribution in [2.45, 2.75) is 33.2 Å². The predicted molar refractivity (Wildman–Crippen MR) is 70.0 cm³/mol. The number of aliphatic imine (C=N–C) groups is 1. The molecule has 0 aliphatic heterocycles. The Morgan fingerprint density at radius 1 is 1.44 bits per heavy atom. The summed E-state index contributed by atoms with van der Waals surface area (Å²) in [7, 11) is 1.78. The fourth-order valence-corrected chi connectivity index (χ4v) is 1.98. The molecule has 1 aromatic rings. The molecule has 0 amide bonds. The first kappa shape index (κ1) is 13.0. The van der Waals surface area contributed by atoms with E-state index in [9.17, 15) is 0 Å². The molecule has 0 bridgehead atoms. The van der Waals surface area contributed by atoms with Gasteiger partial charge in [-0.2, -0.15) is 0 Å². The first-order chi connectivity index (χ1) is 7.80. The normalized spacial score (nSPS) is 11.6. The number of hydrogen-bond donors (Lipinski definition) is 2. The maximum Gasteiger partial charge on any atom is 0.191 e. The number of thiazole rings is 1. The van der Waals surface area contributed by atoms with E-state index in [-0.39, 0.29) is 0 Å². The van der Waals surface area contributed by atoms with Crippen LogP contribution >= 0.6 is 11.3 Å². The Morgan fingerprint density at radius 2 is 2.25 bits per heavy atom.